The van der Waals surface area contributed by atoms with Crippen LogP contribution in [0.5, 0.6) is 0 Å². The Morgan fingerprint density at radius 3 is 2.95 bits per heavy atom. The van der Waals surface area contributed by atoms with Crippen LogP contribution in [-0.4, -0.2) is 30.1 Å². The zero-order valence-corrected chi connectivity index (χ0v) is 11.5. The third-order valence-corrected chi connectivity index (χ3v) is 3.23. The number of esters is 1. The molecule has 1 aromatic carbocycles. The van der Waals surface area contributed by atoms with E-state index in [4.69, 9.17) is 10.00 Å². The van der Waals surface area contributed by atoms with E-state index in [-0.39, 0.29) is 5.97 Å². The first-order valence-electron chi connectivity index (χ1n) is 6.44. The molecular formula is C15H17N3O2. The number of fused-ring (bicyclic) bond motifs is 1. The van der Waals surface area contributed by atoms with Gasteiger partial charge in [0.2, 0.25) is 0 Å². The van der Waals surface area contributed by atoms with Crippen LogP contribution in [0.15, 0.2) is 30.5 Å². The highest BCUT2D eigenvalue weighted by molar-refractivity contribution is 5.84. The van der Waals surface area contributed by atoms with Crippen molar-refractivity contribution < 1.29 is 9.53 Å². The number of carbonyl (C=O) groups is 1. The number of methoxy groups -OCH3 is 1. The maximum absolute atomic E-state index is 11.8. The molecule has 0 saturated carbocycles. The van der Waals surface area contributed by atoms with E-state index in [0.717, 1.165) is 16.5 Å². The van der Waals surface area contributed by atoms with Crippen molar-refractivity contribution in [3.8, 4) is 6.07 Å². The summed E-state index contributed by atoms with van der Waals surface area (Å²) in [7, 11) is 1.35. The summed E-state index contributed by atoms with van der Waals surface area (Å²) in [6, 6.07) is 9.02. The average molecular weight is 271 g/mol. The van der Waals surface area contributed by atoms with Crippen LogP contribution in [0, 0.1) is 11.3 Å². The molecule has 2 atom stereocenters. The average Bonchev–Trinajstić information content (AvgIpc) is 2.89. The lowest BCUT2D eigenvalue weighted by atomic mass is 10.0. The van der Waals surface area contributed by atoms with Gasteiger partial charge in [0.05, 0.1) is 19.2 Å². The number of ether oxygens (including phenoxy) is 1. The van der Waals surface area contributed by atoms with Crippen molar-refractivity contribution in [2.24, 2.45) is 0 Å². The minimum absolute atomic E-state index is 0.364. The molecule has 0 spiro atoms. The molecule has 0 saturated heterocycles. The van der Waals surface area contributed by atoms with Crippen molar-refractivity contribution in [3.63, 3.8) is 0 Å². The molecule has 1 heterocycles. The van der Waals surface area contributed by atoms with E-state index < -0.39 is 12.1 Å². The number of nitrogens with one attached hydrogen (secondary N) is 2. The molecule has 2 aromatic rings. The van der Waals surface area contributed by atoms with Gasteiger partial charge in [-0.15, -0.1) is 0 Å². The summed E-state index contributed by atoms with van der Waals surface area (Å²) in [5.41, 5.74) is 2.05. The quantitative estimate of drug-likeness (QED) is 0.812. The Morgan fingerprint density at radius 2 is 2.25 bits per heavy atom. The minimum Gasteiger partial charge on any atom is -0.468 e. The van der Waals surface area contributed by atoms with Crippen molar-refractivity contribution in [1.29, 1.82) is 5.26 Å². The van der Waals surface area contributed by atoms with Crippen LogP contribution in [0.2, 0.25) is 0 Å². The van der Waals surface area contributed by atoms with Crippen molar-refractivity contribution in [2.75, 3.05) is 7.11 Å². The van der Waals surface area contributed by atoms with E-state index in [9.17, 15) is 4.79 Å². The number of aromatic nitrogens is 1. The highest BCUT2D eigenvalue weighted by Gasteiger charge is 2.22. The van der Waals surface area contributed by atoms with E-state index in [1.165, 1.54) is 7.11 Å². The SMILES string of the molecule is COC(=O)[C@H](Cc1c[nH]c2ccccc12)N[C@@H](C)C#N. The van der Waals surface area contributed by atoms with Gasteiger partial charge in [-0.2, -0.15) is 5.26 Å². The molecule has 2 N–H and O–H groups in total. The van der Waals surface area contributed by atoms with Gasteiger partial charge in [0.25, 0.3) is 0 Å². The van der Waals surface area contributed by atoms with Crippen molar-refractivity contribution in [3.05, 3.63) is 36.0 Å². The van der Waals surface area contributed by atoms with Crippen molar-refractivity contribution in [1.82, 2.24) is 10.3 Å². The van der Waals surface area contributed by atoms with E-state index in [1.54, 1.807) is 6.92 Å². The Hall–Kier alpha value is -2.32. The number of para-hydroxylation sites is 1. The molecule has 1 aromatic heterocycles. The second-order valence-corrected chi connectivity index (χ2v) is 4.66. The topological polar surface area (TPSA) is 77.9 Å². The van der Waals surface area contributed by atoms with E-state index in [0.29, 0.717) is 6.42 Å². The number of H-pyrrole nitrogens is 1. The van der Waals surface area contributed by atoms with Crippen LogP contribution >= 0.6 is 0 Å². The molecule has 0 aliphatic heterocycles. The van der Waals surface area contributed by atoms with Gasteiger partial charge in [0.15, 0.2) is 0 Å². The fraction of sp³-hybridized carbons (Fsp3) is 0.333. The predicted molar refractivity (Wildman–Crippen MR) is 76.0 cm³/mol. The van der Waals surface area contributed by atoms with Gasteiger partial charge in [0, 0.05) is 23.5 Å². The fourth-order valence-electron chi connectivity index (χ4n) is 2.21. The smallest absolute Gasteiger partial charge is 0.323 e. The molecule has 2 rings (SSSR count). The maximum Gasteiger partial charge on any atom is 0.323 e. The number of hydrogen-bond acceptors (Lipinski definition) is 4. The predicted octanol–water partition coefficient (Wildman–Crippen LogP) is 1.75. The van der Waals surface area contributed by atoms with Gasteiger partial charge in [-0.1, -0.05) is 18.2 Å². The third kappa shape index (κ3) is 2.98. The van der Waals surface area contributed by atoms with Crippen molar-refractivity contribution in [2.45, 2.75) is 25.4 Å². The first-order chi connectivity index (χ1) is 9.65. The lowest BCUT2D eigenvalue weighted by Gasteiger charge is -2.17. The Labute approximate surface area is 117 Å². The highest BCUT2D eigenvalue weighted by Crippen LogP contribution is 2.19. The molecule has 20 heavy (non-hydrogen) atoms. The number of nitriles is 1. The summed E-state index contributed by atoms with van der Waals surface area (Å²) in [5, 5.41) is 12.9. The van der Waals surface area contributed by atoms with E-state index in [2.05, 4.69) is 16.4 Å². The molecule has 0 aliphatic rings. The van der Waals surface area contributed by atoms with Crippen LogP contribution in [0.25, 0.3) is 10.9 Å². The molecule has 0 unspecified atom stereocenters. The van der Waals surface area contributed by atoms with Crippen LogP contribution in [0.3, 0.4) is 0 Å². The van der Waals surface area contributed by atoms with Gasteiger partial charge in [0.1, 0.15) is 6.04 Å². The van der Waals surface area contributed by atoms with E-state index in [1.807, 2.05) is 30.5 Å². The summed E-state index contributed by atoms with van der Waals surface area (Å²) in [6.07, 6.45) is 2.36. The molecule has 0 aliphatic carbocycles. The van der Waals surface area contributed by atoms with Gasteiger partial charge in [-0.05, 0) is 18.6 Å². The Balaban J connectivity index is 2.23. The summed E-state index contributed by atoms with van der Waals surface area (Å²) in [6.45, 7) is 1.71. The first-order valence-corrected chi connectivity index (χ1v) is 6.44. The van der Waals surface area contributed by atoms with Gasteiger partial charge in [-0.3, -0.25) is 10.1 Å². The number of carbonyl (C=O) groups excluding carboxylic acids is 1. The van der Waals surface area contributed by atoms with Crippen LogP contribution in [-0.2, 0) is 16.0 Å². The van der Waals surface area contributed by atoms with Crippen LogP contribution in [0.4, 0.5) is 0 Å². The van der Waals surface area contributed by atoms with Crippen molar-refractivity contribution >= 4 is 16.9 Å². The van der Waals surface area contributed by atoms with Gasteiger partial charge < -0.3 is 9.72 Å². The fourth-order valence-corrected chi connectivity index (χ4v) is 2.21. The second-order valence-electron chi connectivity index (χ2n) is 4.66. The number of rotatable bonds is 5. The molecule has 0 radical (unpaired) electrons. The molecule has 0 bridgehead atoms. The van der Waals surface area contributed by atoms with Gasteiger partial charge >= 0.3 is 5.97 Å². The first kappa shape index (κ1) is 14.1. The lowest BCUT2D eigenvalue weighted by molar-refractivity contribution is -0.143. The molecule has 0 amide bonds. The molecule has 104 valence electrons. The molecule has 0 fully saturated rings. The van der Waals surface area contributed by atoms with Crippen LogP contribution < -0.4 is 5.32 Å². The van der Waals surface area contributed by atoms with Gasteiger partial charge in [-0.25, -0.2) is 0 Å². The summed E-state index contributed by atoms with van der Waals surface area (Å²) >= 11 is 0. The maximum atomic E-state index is 11.8. The zero-order chi connectivity index (χ0) is 14.5. The zero-order valence-electron chi connectivity index (χ0n) is 11.5. The molecular weight excluding hydrogens is 254 g/mol. The second kappa shape index (κ2) is 6.22. The minimum atomic E-state index is -0.533. The molecule has 5 heteroatoms. The normalized spacial score (nSPS) is 13.7. The summed E-state index contributed by atoms with van der Waals surface area (Å²) < 4.78 is 4.80. The summed E-state index contributed by atoms with van der Waals surface area (Å²) in [4.78, 5) is 15.0. The number of nitrogens with zero attached hydrogens (tertiary/aromatic N) is 1. The third-order valence-electron chi connectivity index (χ3n) is 3.23. The summed E-state index contributed by atoms with van der Waals surface area (Å²) in [5.74, 6) is -0.364. The highest BCUT2D eigenvalue weighted by atomic mass is 16.5. The Morgan fingerprint density at radius 1 is 1.50 bits per heavy atom. The number of aromatic amines is 1. The standard InChI is InChI=1S/C15H17N3O2/c1-10(8-16)18-14(15(19)20-2)7-11-9-17-13-6-4-3-5-12(11)13/h3-6,9-10,14,17-18H,7H2,1-2H3/t10-,14-/m0/s1. The Bertz CT molecular complexity index is 642. The molecule has 5 nitrogen and oxygen atoms in total. The Kier molecular flexibility index (Phi) is 4.38. The monoisotopic (exact) mass is 271 g/mol. The van der Waals surface area contributed by atoms with E-state index >= 15 is 0 Å². The largest absolute Gasteiger partial charge is 0.468 e. The number of benzene rings is 1. The lowest BCUT2D eigenvalue weighted by Crippen LogP contribution is -2.43. The van der Waals surface area contributed by atoms with Crippen LogP contribution in [0.1, 0.15) is 12.5 Å². The number of hydrogen-bond donors (Lipinski definition) is 2.